The number of hydrogen-bond donors (Lipinski definition) is 4. The van der Waals surface area contributed by atoms with Gasteiger partial charge >= 0.3 is 0 Å². The standard InChI is InChI=1S/C34H40N4O5/c1-22(2)31-29(37-32(40)27(38(3)4)21-24-11-7-5-8-12-24)34(42)36-28(30(39)25-13-9-6-10-14-25)33(41)35-20-19-23-15-17-26(43-31)18-16-23/h5-20,22,27-31,39H,21H2,1-4H3,(H,35,41)(H,36,42)(H,37,40)/t27-,28+,29+,30+,31-/m0/s1. The normalized spacial score (nSPS) is 20.5. The lowest BCUT2D eigenvalue weighted by molar-refractivity contribution is -0.137. The van der Waals surface area contributed by atoms with Gasteiger partial charge in [0.2, 0.25) is 17.7 Å². The molecule has 9 nitrogen and oxygen atoms in total. The number of ether oxygens (including phenoxy) is 1. The number of carbonyl (C=O) groups excluding carboxylic acids is 3. The van der Waals surface area contributed by atoms with Crippen LogP contribution in [0, 0.1) is 5.92 Å². The molecule has 4 N–H and O–H groups in total. The van der Waals surface area contributed by atoms with Gasteiger partial charge in [-0.05, 0) is 61.3 Å². The maximum atomic E-state index is 14.1. The Bertz CT molecular complexity index is 1390. The molecule has 2 heterocycles. The zero-order valence-electron chi connectivity index (χ0n) is 24.9. The molecule has 2 bridgehead atoms. The minimum Gasteiger partial charge on any atom is -0.487 e. The fourth-order valence-electron chi connectivity index (χ4n) is 4.98. The van der Waals surface area contributed by atoms with Crippen LogP contribution in [0.2, 0.25) is 0 Å². The third kappa shape index (κ3) is 8.30. The molecule has 0 radical (unpaired) electrons. The van der Waals surface area contributed by atoms with Crippen LogP contribution in [-0.2, 0) is 20.8 Å². The van der Waals surface area contributed by atoms with Crippen molar-refractivity contribution >= 4 is 23.8 Å². The van der Waals surface area contributed by atoms with Crippen LogP contribution in [0.25, 0.3) is 6.08 Å². The summed E-state index contributed by atoms with van der Waals surface area (Å²) < 4.78 is 6.35. The zero-order chi connectivity index (χ0) is 30.9. The predicted molar refractivity (Wildman–Crippen MR) is 166 cm³/mol. The molecular formula is C34H40N4O5. The van der Waals surface area contributed by atoms with E-state index in [9.17, 15) is 19.5 Å². The van der Waals surface area contributed by atoms with E-state index in [0.717, 1.165) is 11.1 Å². The smallest absolute Gasteiger partial charge is 0.249 e. The van der Waals surface area contributed by atoms with Crippen molar-refractivity contribution in [2.75, 3.05) is 14.1 Å². The highest BCUT2D eigenvalue weighted by atomic mass is 16.5. The summed E-state index contributed by atoms with van der Waals surface area (Å²) in [5.74, 6) is -1.33. The van der Waals surface area contributed by atoms with Crippen molar-refractivity contribution in [3.8, 4) is 5.75 Å². The number of carbonyl (C=O) groups is 3. The quantitative estimate of drug-likeness (QED) is 0.323. The molecule has 9 heteroatoms. The zero-order valence-corrected chi connectivity index (χ0v) is 24.9. The molecule has 0 fully saturated rings. The van der Waals surface area contributed by atoms with Crippen LogP contribution >= 0.6 is 0 Å². The van der Waals surface area contributed by atoms with E-state index in [1.54, 1.807) is 53.4 Å². The van der Waals surface area contributed by atoms with E-state index in [2.05, 4.69) is 16.0 Å². The second kappa shape index (κ2) is 14.6. The summed E-state index contributed by atoms with van der Waals surface area (Å²) in [6.45, 7) is 3.79. The van der Waals surface area contributed by atoms with Crippen LogP contribution in [0.1, 0.15) is 36.6 Å². The van der Waals surface area contributed by atoms with Gasteiger partial charge in [0.15, 0.2) is 0 Å². The first kappa shape index (κ1) is 31.5. The number of benzene rings is 3. The summed E-state index contributed by atoms with van der Waals surface area (Å²) in [5.41, 5.74) is 2.24. The number of amides is 3. The van der Waals surface area contributed by atoms with Gasteiger partial charge in [0.05, 0.1) is 6.04 Å². The molecule has 0 saturated carbocycles. The molecule has 5 rings (SSSR count). The van der Waals surface area contributed by atoms with Crippen LogP contribution in [0.5, 0.6) is 5.75 Å². The summed E-state index contributed by atoms with van der Waals surface area (Å²) in [4.78, 5) is 43.1. The van der Waals surface area contributed by atoms with Gasteiger partial charge in [-0.25, -0.2) is 0 Å². The molecule has 3 aromatic rings. The van der Waals surface area contributed by atoms with Crippen LogP contribution in [0.4, 0.5) is 0 Å². The number of fused-ring (bicyclic) bond motifs is 10. The Morgan fingerprint density at radius 1 is 0.930 bits per heavy atom. The van der Waals surface area contributed by atoms with Gasteiger partial charge in [-0.15, -0.1) is 0 Å². The monoisotopic (exact) mass is 584 g/mol. The SMILES string of the molecule is CC(C)[C@@H]1Oc2ccc(cc2)C=CNC(=O)[C@@H]([C@H](O)c2ccccc2)NC(=O)[C@@H]1NC(=O)[C@H](Cc1ccccc1)N(C)C. The number of nitrogens with zero attached hydrogens (tertiary/aromatic N) is 1. The summed E-state index contributed by atoms with van der Waals surface area (Å²) in [6.07, 6.45) is 1.44. The van der Waals surface area contributed by atoms with Crippen molar-refractivity contribution < 1.29 is 24.2 Å². The molecule has 0 aliphatic carbocycles. The maximum Gasteiger partial charge on any atom is 0.249 e. The number of hydrogen-bond acceptors (Lipinski definition) is 6. The van der Waals surface area contributed by atoms with Crippen LogP contribution in [0.15, 0.2) is 91.1 Å². The lowest BCUT2D eigenvalue weighted by Gasteiger charge is -2.34. The Labute approximate surface area is 252 Å². The van der Waals surface area contributed by atoms with Crippen LogP contribution < -0.4 is 20.7 Å². The maximum absolute atomic E-state index is 14.1. The van der Waals surface area contributed by atoms with E-state index in [0.29, 0.717) is 17.7 Å². The lowest BCUT2D eigenvalue weighted by Crippen LogP contribution is -2.62. The van der Waals surface area contributed by atoms with Gasteiger partial charge in [-0.3, -0.25) is 19.3 Å². The van der Waals surface area contributed by atoms with E-state index < -0.39 is 42.1 Å². The van der Waals surface area contributed by atoms with Crippen molar-refractivity contribution in [1.29, 1.82) is 0 Å². The van der Waals surface area contributed by atoms with E-state index in [1.165, 1.54) is 6.20 Å². The van der Waals surface area contributed by atoms with Crippen LogP contribution in [-0.4, -0.2) is 66.1 Å². The number of likely N-dealkylation sites (N-methyl/N-ethyl adjacent to an activating group) is 1. The second-order valence-electron chi connectivity index (χ2n) is 11.2. The largest absolute Gasteiger partial charge is 0.487 e. The molecule has 3 aromatic carbocycles. The van der Waals surface area contributed by atoms with Crippen molar-refractivity contribution in [3.05, 3.63) is 108 Å². The fraction of sp³-hybridized carbons (Fsp3) is 0.324. The van der Waals surface area contributed by atoms with Crippen molar-refractivity contribution in [3.63, 3.8) is 0 Å². The Hall–Kier alpha value is -4.47. The Morgan fingerprint density at radius 3 is 2.16 bits per heavy atom. The topological polar surface area (TPSA) is 120 Å². The second-order valence-corrected chi connectivity index (χ2v) is 11.2. The third-order valence-electron chi connectivity index (χ3n) is 7.45. The van der Waals surface area contributed by atoms with Gasteiger partial charge in [0.1, 0.15) is 30.0 Å². The molecule has 2 aliphatic heterocycles. The first-order chi connectivity index (χ1) is 20.6. The van der Waals surface area contributed by atoms with Crippen molar-refractivity contribution in [2.45, 2.75) is 50.6 Å². The highest BCUT2D eigenvalue weighted by Crippen LogP contribution is 2.22. The van der Waals surface area contributed by atoms with E-state index in [1.807, 2.05) is 70.4 Å². The molecule has 3 amide bonds. The van der Waals surface area contributed by atoms with E-state index in [4.69, 9.17) is 4.74 Å². The summed E-state index contributed by atoms with van der Waals surface area (Å²) >= 11 is 0. The van der Waals surface area contributed by atoms with Gasteiger partial charge in [0.25, 0.3) is 0 Å². The number of nitrogens with one attached hydrogen (secondary N) is 3. The average molecular weight is 585 g/mol. The summed E-state index contributed by atoms with van der Waals surface area (Å²) in [6, 6.07) is 22.3. The van der Waals surface area contributed by atoms with E-state index in [-0.39, 0.29) is 11.8 Å². The van der Waals surface area contributed by atoms with Crippen molar-refractivity contribution in [2.24, 2.45) is 5.92 Å². The van der Waals surface area contributed by atoms with Gasteiger partial charge < -0.3 is 25.8 Å². The molecule has 0 unspecified atom stereocenters. The fourth-order valence-corrected chi connectivity index (χ4v) is 4.98. The number of rotatable bonds is 8. The molecule has 2 aliphatic rings. The lowest BCUT2D eigenvalue weighted by atomic mass is 9.95. The van der Waals surface area contributed by atoms with Gasteiger partial charge in [0, 0.05) is 6.20 Å². The highest BCUT2D eigenvalue weighted by Gasteiger charge is 2.39. The Morgan fingerprint density at radius 2 is 1.56 bits per heavy atom. The Balaban J connectivity index is 1.72. The summed E-state index contributed by atoms with van der Waals surface area (Å²) in [7, 11) is 3.62. The van der Waals surface area contributed by atoms with Crippen molar-refractivity contribution in [1.82, 2.24) is 20.9 Å². The van der Waals surface area contributed by atoms with E-state index >= 15 is 0 Å². The molecule has 226 valence electrons. The van der Waals surface area contributed by atoms with Gasteiger partial charge in [-0.2, -0.15) is 0 Å². The molecule has 5 atom stereocenters. The Kier molecular flexibility index (Phi) is 10.7. The molecular weight excluding hydrogens is 544 g/mol. The number of aliphatic hydroxyl groups excluding tert-OH is 1. The average Bonchev–Trinajstić information content (AvgIpc) is 3.00. The van der Waals surface area contributed by atoms with Gasteiger partial charge in [-0.1, -0.05) is 86.6 Å². The number of aliphatic hydroxyl groups is 1. The molecule has 0 saturated heterocycles. The molecule has 43 heavy (non-hydrogen) atoms. The third-order valence-corrected chi connectivity index (χ3v) is 7.45. The van der Waals surface area contributed by atoms with Crippen LogP contribution in [0.3, 0.4) is 0 Å². The molecule has 0 spiro atoms. The predicted octanol–water partition coefficient (Wildman–Crippen LogP) is 3.07. The first-order valence-electron chi connectivity index (χ1n) is 14.4. The minimum absolute atomic E-state index is 0.221. The minimum atomic E-state index is -1.36. The highest BCUT2D eigenvalue weighted by molar-refractivity contribution is 5.94. The first-order valence-corrected chi connectivity index (χ1v) is 14.4. The molecule has 0 aromatic heterocycles. The summed E-state index contributed by atoms with van der Waals surface area (Å²) in [5, 5.41) is 19.6.